The molecule has 1 N–H and O–H groups in total. The Kier molecular flexibility index (Phi) is 7.10. The van der Waals surface area contributed by atoms with E-state index in [2.05, 4.69) is 11.5 Å². The third kappa shape index (κ3) is 5.56. The number of nitriles is 1. The number of hydrazine groups is 1. The van der Waals surface area contributed by atoms with Gasteiger partial charge in [-0.05, 0) is 26.7 Å². The van der Waals surface area contributed by atoms with Crippen molar-refractivity contribution in [2.45, 2.75) is 44.8 Å². The van der Waals surface area contributed by atoms with Gasteiger partial charge in [-0.15, -0.1) is 11.8 Å². The van der Waals surface area contributed by atoms with Gasteiger partial charge in [-0.3, -0.25) is 10.2 Å². The molecule has 2 rings (SSSR count). The van der Waals surface area contributed by atoms with Crippen LogP contribution in [-0.4, -0.2) is 84.2 Å². The van der Waals surface area contributed by atoms with E-state index in [0.29, 0.717) is 37.6 Å². The van der Waals surface area contributed by atoms with Crippen molar-refractivity contribution in [3.63, 3.8) is 0 Å². The Morgan fingerprint density at radius 1 is 1.40 bits per heavy atom. The number of carbonyl (C=O) groups is 1. The van der Waals surface area contributed by atoms with Gasteiger partial charge in [0, 0.05) is 30.9 Å². The average molecular weight is 390 g/mol. The van der Waals surface area contributed by atoms with Gasteiger partial charge in [0.2, 0.25) is 15.9 Å². The molecule has 0 aromatic rings. The fourth-order valence-corrected chi connectivity index (χ4v) is 5.11. The van der Waals surface area contributed by atoms with E-state index in [9.17, 15) is 18.5 Å². The zero-order valence-electron chi connectivity index (χ0n) is 15.0. The molecule has 1 amide bonds. The number of piperidine rings is 1. The second kappa shape index (κ2) is 8.68. The van der Waals surface area contributed by atoms with E-state index in [0.717, 1.165) is 0 Å². The Balaban J connectivity index is 2.00. The average Bonchev–Trinajstić information content (AvgIpc) is 3.02. The topological polar surface area (TPSA) is 96.8 Å². The largest absolute Gasteiger partial charge is 0.315 e. The number of hydrogen-bond donors (Lipinski definition) is 1. The van der Waals surface area contributed by atoms with Crippen LogP contribution >= 0.6 is 11.8 Å². The van der Waals surface area contributed by atoms with Crippen LogP contribution in [0.5, 0.6) is 0 Å². The maximum atomic E-state index is 12.6. The SMILES string of the molecule is CC(C)NN(CC(=O)N1CSCC1C#N)C1CCN(S(C)(=O)=O)CC1. The standard InChI is InChI=1S/C15H27N5O3S2/c1-12(2)17-20(9-15(21)19-11-24-10-14(19)8-16)13-4-6-18(7-5-13)25(3,22)23/h12-14,17H,4-7,9-11H2,1-3H3. The van der Waals surface area contributed by atoms with E-state index in [1.54, 1.807) is 16.7 Å². The van der Waals surface area contributed by atoms with Crippen molar-refractivity contribution in [3.8, 4) is 6.07 Å². The first-order valence-corrected chi connectivity index (χ1v) is 11.5. The van der Waals surface area contributed by atoms with Gasteiger partial charge in [0.25, 0.3) is 0 Å². The monoisotopic (exact) mass is 389 g/mol. The summed E-state index contributed by atoms with van der Waals surface area (Å²) in [5.74, 6) is 1.15. The minimum absolute atomic E-state index is 0.0600. The molecule has 2 fully saturated rings. The number of carbonyl (C=O) groups excluding carboxylic acids is 1. The zero-order chi connectivity index (χ0) is 18.6. The van der Waals surface area contributed by atoms with Gasteiger partial charge in [0.05, 0.1) is 24.7 Å². The van der Waals surface area contributed by atoms with Crippen molar-refractivity contribution in [1.29, 1.82) is 5.26 Å². The van der Waals surface area contributed by atoms with Crippen LogP contribution in [-0.2, 0) is 14.8 Å². The highest BCUT2D eigenvalue weighted by Crippen LogP contribution is 2.22. The van der Waals surface area contributed by atoms with Gasteiger partial charge in [-0.2, -0.15) is 5.26 Å². The molecule has 142 valence electrons. The van der Waals surface area contributed by atoms with Crippen LogP contribution in [0.25, 0.3) is 0 Å². The van der Waals surface area contributed by atoms with Gasteiger partial charge in [-0.25, -0.2) is 17.7 Å². The lowest BCUT2D eigenvalue weighted by atomic mass is 10.1. The zero-order valence-corrected chi connectivity index (χ0v) is 16.6. The molecule has 10 heteroatoms. The molecule has 2 saturated heterocycles. The van der Waals surface area contributed by atoms with E-state index in [4.69, 9.17) is 0 Å². The number of nitrogens with one attached hydrogen (secondary N) is 1. The summed E-state index contributed by atoms with van der Waals surface area (Å²) in [5, 5.41) is 11.1. The molecule has 0 aliphatic carbocycles. The summed E-state index contributed by atoms with van der Waals surface area (Å²) in [4.78, 5) is 14.3. The number of amides is 1. The molecule has 0 aromatic carbocycles. The fraction of sp³-hybridized carbons (Fsp3) is 0.867. The van der Waals surface area contributed by atoms with Crippen LogP contribution in [0.15, 0.2) is 0 Å². The third-order valence-corrected chi connectivity index (χ3v) is 6.73. The van der Waals surface area contributed by atoms with Crippen LogP contribution in [0.3, 0.4) is 0 Å². The van der Waals surface area contributed by atoms with E-state index in [1.165, 1.54) is 10.6 Å². The van der Waals surface area contributed by atoms with Gasteiger partial charge in [-0.1, -0.05) is 0 Å². The molecular formula is C15H27N5O3S2. The van der Waals surface area contributed by atoms with Crippen LogP contribution in [0, 0.1) is 11.3 Å². The molecule has 0 saturated carbocycles. The number of thioether (sulfide) groups is 1. The molecule has 2 aliphatic rings. The second-order valence-corrected chi connectivity index (χ2v) is 9.80. The third-order valence-electron chi connectivity index (χ3n) is 4.41. The number of sulfonamides is 1. The summed E-state index contributed by atoms with van der Waals surface area (Å²) in [6.45, 7) is 5.14. The van der Waals surface area contributed by atoms with Crippen molar-refractivity contribution in [2.75, 3.05) is 37.5 Å². The summed E-state index contributed by atoms with van der Waals surface area (Å²) in [7, 11) is -3.16. The lowest BCUT2D eigenvalue weighted by molar-refractivity contribution is -0.134. The first-order chi connectivity index (χ1) is 11.7. The second-order valence-electron chi connectivity index (χ2n) is 6.81. The Bertz CT molecular complexity index is 611. The van der Waals surface area contributed by atoms with Crippen molar-refractivity contribution >= 4 is 27.7 Å². The highest BCUT2D eigenvalue weighted by atomic mass is 32.2. The molecule has 1 unspecified atom stereocenters. The van der Waals surface area contributed by atoms with Crippen LogP contribution in [0.1, 0.15) is 26.7 Å². The fourth-order valence-electron chi connectivity index (χ4n) is 3.13. The first-order valence-electron chi connectivity index (χ1n) is 8.47. The quantitative estimate of drug-likeness (QED) is 0.641. The summed E-state index contributed by atoms with van der Waals surface area (Å²) in [6.07, 6.45) is 2.58. The van der Waals surface area contributed by atoms with E-state index >= 15 is 0 Å². The minimum atomic E-state index is -3.16. The highest BCUT2D eigenvalue weighted by molar-refractivity contribution is 7.99. The van der Waals surface area contributed by atoms with Crippen molar-refractivity contribution in [3.05, 3.63) is 0 Å². The van der Waals surface area contributed by atoms with E-state index < -0.39 is 10.0 Å². The first kappa shape index (κ1) is 20.5. The lowest BCUT2D eigenvalue weighted by Crippen LogP contribution is -2.56. The molecule has 8 nitrogen and oxygen atoms in total. The number of rotatable bonds is 6. The number of hydrogen-bond acceptors (Lipinski definition) is 7. The smallest absolute Gasteiger partial charge is 0.240 e. The molecule has 0 radical (unpaired) electrons. The van der Waals surface area contributed by atoms with Crippen molar-refractivity contribution in [2.24, 2.45) is 0 Å². The maximum absolute atomic E-state index is 12.6. The summed E-state index contributed by atoms with van der Waals surface area (Å²) in [6, 6.07) is 2.09. The van der Waals surface area contributed by atoms with Gasteiger partial charge in [0.15, 0.2) is 0 Å². The lowest BCUT2D eigenvalue weighted by Gasteiger charge is -2.39. The van der Waals surface area contributed by atoms with Gasteiger partial charge >= 0.3 is 0 Å². The summed E-state index contributed by atoms with van der Waals surface area (Å²) >= 11 is 1.59. The Labute approximate surface area is 154 Å². The molecule has 0 aromatic heterocycles. The maximum Gasteiger partial charge on any atom is 0.240 e. The summed E-state index contributed by atoms with van der Waals surface area (Å²) in [5.41, 5.74) is 3.32. The van der Waals surface area contributed by atoms with Crippen LogP contribution in [0.2, 0.25) is 0 Å². The number of nitrogens with zero attached hydrogens (tertiary/aromatic N) is 4. The van der Waals surface area contributed by atoms with Crippen LogP contribution in [0.4, 0.5) is 0 Å². The molecule has 2 aliphatic heterocycles. The molecule has 25 heavy (non-hydrogen) atoms. The molecule has 0 bridgehead atoms. The Morgan fingerprint density at radius 3 is 2.56 bits per heavy atom. The van der Waals surface area contributed by atoms with Gasteiger partial charge < -0.3 is 4.90 Å². The predicted molar refractivity (Wildman–Crippen MR) is 98.0 cm³/mol. The van der Waals surface area contributed by atoms with Crippen molar-refractivity contribution < 1.29 is 13.2 Å². The van der Waals surface area contributed by atoms with E-state index in [1.807, 2.05) is 18.9 Å². The summed E-state index contributed by atoms with van der Waals surface area (Å²) < 4.78 is 24.8. The molecular weight excluding hydrogens is 362 g/mol. The Morgan fingerprint density at radius 2 is 2.04 bits per heavy atom. The minimum Gasteiger partial charge on any atom is -0.315 e. The highest BCUT2D eigenvalue weighted by Gasteiger charge is 2.33. The van der Waals surface area contributed by atoms with Gasteiger partial charge in [0.1, 0.15) is 6.04 Å². The normalized spacial score (nSPS) is 23.4. The molecule has 2 heterocycles. The Hall–Kier alpha value is -0.860. The molecule has 1 atom stereocenters. The van der Waals surface area contributed by atoms with Crippen LogP contribution < -0.4 is 5.43 Å². The predicted octanol–water partition coefficient (Wildman–Crippen LogP) is 0.0505. The molecule has 0 spiro atoms. The van der Waals surface area contributed by atoms with Crippen molar-refractivity contribution in [1.82, 2.24) is 19.6 Å². The van der Waals surface area contributed by atoms with E-state index in [-0.39, 0.29) is 30.6 Å².